The molecule has 0 aliphatic carbocycles. The van der Waals surface area contributed by atoms with E-state index >= 15 is 0 Å². The Morgan fingerprint density at radius 3 is 2.07 bits per heavy atom. The van der Waals surface area contributed by atoms with Crippen molar-refractivity contribution >= 4 is 11.8 Å². The van der Waals surface area contributed by atoms with Gasteiger partial charge in [0, 0.05) is 57.3 Å². The summed E-state index contributed by atoms with van der Waals surface area (Å²) >= 11 is 0. The number of nitrogens with zero attached hydrogens (tertiary/aromatic N) is 3. The molecule has 1 fully saturated rings. The topological polar surface area (TPSA) is 62.3 Å². The quantitative estimate of drug-likeness (QED) is 0.645. The molecule has 0 unspecified atom stereocenters. The third-order valence-corrected chi connectivity index (χ3v) is 5.15. The maximum atomic E-state index is 13.0. The summed E-state index contributed by atoms with van der Waals surface area (Å²) < 4.78 is 10.5. The van der Waals surface area contributed by atoms with Gasteiger partial charge in [0.2, 0.25) is 5.91 Å². The molecule has 0 spiro atoms. The first-order chi connectivity index (χ1) is 13.5. The van der Waals surface area contributed by atoms with Gasteiger partial charge in [-0.15, -0.1) is 0 Å². The molecule has 2 amide bonds. The zero-order valence-corrected chi connectivity index (χ0v) is 17.6. The molecule has 0 saturated carbocycles. The van der Waals surface area contributed by atoms with Gasteiger partial charge in [-0.2, -0.15) is 0 Å². The van der Waals surface area contributed by atoms with E-state index in [1.807, 2.05) is 11.8 Å². The number of carbonyl (C=O) groups excluding carboxylic acids is 2. The molecule has 1 aliphatic heterocycles. The van der Waals surface area contributed by atoms with E-state index in [2.05, 4.69) is 11.8 Å². The van der Waals surface area contributed by atoms with E-state index in [0.29, 0.717) is 36.6 Å². The average molecular weight is 392 g/mol. The lowest BCUT2D eigenvalue weighted by molar-refractivity contribution is -0.133. The van der Waals surface area contributed by atoms with Crippen molar-refractivity contribution in [3.05, 3.63) is 23.8 Å². The van der Waals surface area contributed by atoms with Crippen molar-refractivity contribution < 1.29 is 19.1 Å². The van der Waals surface area contributed by atoms with Crippen molar-refractivity contribution in [2.45, 2.75) is 26.7 Å². The van der Waals surface area contributed by atoms with Crippen LogP contribution in [-0.4, -0.2) is 86.5 Å². The van der Waals surface area contributed by atoms with Gasteiger partial charge in [-0.1, -0.05) is 13.8 Å². The highest BCUT2D eigenvalue weighted by Gasteiger charge is 2.22. The van der Waals surface area contributed by atoms with Crippen molar-refractivity contribution in [3.8, 4) is 11.5 Å². The van der Waals surface area contributed by atoms with Gasteiger partial charge in [0.05, 0.1) is 14.2 Å². The van der Waals surface area contributed by atoms with Gasteiger partial charge in [0.15, 0.2) is 0 Å². The van der Waals surface area contributed by atoms with Crippen LogP contribution in [0, 0.1) is 0 Å². The van der Waals surface area contributed by atoms with E-state index in [9.17, 15) is 9.59 Å². The van der Waals surface area contributed by atoms with Crippen LogP contribution in [0.1, 0.15) is 37.0 Å². The molecule has 1 saturated heterocycles. The molecule has 1 heterocycles. The molecule has 1 aliphatic rings. The summed E-state index contributed by atoms with van der Waals surface area (Å²) in [6.07, 6.45) is 1.18. The predicted molar refractivity (Wildman–Crippen MR) is 109 cm³/mol. The van der Waals surface area contributed by atoms with Crippen LogP contribution in [0.4, 0.5) is 0 Å². The molecule has 1 aromatic carbocycles. The van der Waals surface area contributed by atoms with E-state index in [1.54, 1.807) is 37.3 Å². The van der Waals surface area contributed by atoms with Crippen LogP contribution in [0.3, 0.4) is 0 Å². The minimum absolute atomic E-state index is 0.109. The highest BCUT2D eigenvalue weighted by Crippen LogP contribution is 2.23. The standard InChI is InChI=1S/C21H33N3O4/c1-5-8-24(9-7-20(25)23-12-10-22(6-2)11-13-23)21(26)17-14-18(27-3)16-19(15-17)28-4/h14-16H,5-13H2,1-4H3. The van der Waals surface area contributed by atoms with Crippen LogP contribution in [-0.2, 0) is 4.79 Å². The zero-order chi connectivity index (χ0) is 20.5. The first kappa shape index (κ1) is 22.0. The number of carbonyl (C=O) groups is 2. The van der Waals surface area contributed by atoms with Gasteiger partial charge in [-0.05, 0) is 25.1 Å². The van der Waals surface area contributed by atoms with E-state index in [1.165, 1.54) is 0 Å². The number of benzene rings is 1. The number of ether oxygens (including phenoxy) is 2. The normalized spacial score (nSPS) is 14.6. The van der Waals surface area contributed by atoms with Gasteiger partial charge in [0.1, 0.15) is 11.5 Å². The zero-order valence-electron chi connectivity index (χ0n) is 17.6. The SMILES string of the molecule is CCCN(CCC(=O)N1CCN(CC)CC1)C(=O)c1cc(OC)cc(OC)c1. The number of methoxy groups -OCH3 is 2. The Morgan fingerprint density at radius 1 is 0.964 bits per heavy atom. The first-order valence-electron chi connectivity index (χ1n) is 10.0. The Hall–Kier alpha value is -2.28. The molecular weight excluding hydrogens is 358 g/mol. The molecule has 156 valence electrons. The van der Waals surface area contributed by atoms with Crippen LogP contribution in [0.5, 0.6) is 11.5 Å². The lowest BCUT2D eigenvalue weighted by Crippen LogP contribution is -2.49. The molecule has 1 aromatic rings. The van der Waals surface area contributed by atoms with Gasteiger partial charge < -0.3 is 24.2 Å². The van der Waals surface area contributed by atoms with Gasteiger partial charge >= 0.3 is 0 Å². The minimum Gasteiger partial charge on any atom is -0.497 e. The van der Waals surface area contributed by atoms with E-state index in [0.717, 1.165) is 39.1 Å². The maximum Gasteiger partial charge on any atom is 0.254 e. The predicted octanol–water partition coefficient (Wildman–Crippen LogP) is 2.11. The summed E-state index contributed by atoms with van der Waals surface area (Å²) in [6.45, 7) is 9.58. The lowest BCUT2D eigenvalue weighted by Gasteiger charge is -2.34. The largest absolute Gasteiger partial charge is 0.497 e. The summed E-state index contributed by atoms with van der Waals surface area (Å²) in [6, 6.07) is 5.15. The Kier molecular flexibility index (Phi) is 8.57. The fraction of sp³-hybridized carbons (Fsp3) is 0.619. The molecule has 0 radical (unpaired) electrons. The monoisotopic (exact) mass is 391 g/mol. The number of piperazine rings is 1. The second-order valence-electron chi connectivity index (χ2n) is 6.96. The fourth-order valence-corrected chi connectivity index (χ4v) is 3.40. The van der Waals surface area contributed by atoms with Crippen LogP contribution < -0.4 is 9.47 Å². The van der Waals surface area contributed by atoms with Crippen LogP contribution in [0.15, 0.2) is 18.2 Å². The summed E-state index contributed by atoms with van der Waals surface area (Å²) in [5, 5.41) is 0. The smallest absolute Gasteiger partial charge is 0.254 e. The van der Waals surface area contributed by atoms with Crippen LogP contribution in [0.25, 0.3) is 0 Å². The van der Waals surface area contributed by atoms with Crippen molar-refractivity contribution in [2.75, 3.05) is 60.0 Å². The van der Waals surface area contributed by atoms with Crippen LogP contribution >= 0.6 is 0 Å². The average Bonchev–Trinajstić information content (AvgIpc) is 2.75. The highest BCUT2D eigenvalue weighted by atomic mass is 16.5. The fourth-order valence-electron chi connectivity index (χ4n) is 3.40. The second kappa shape index (κ2) is 10.9. The van der Waals surface area contributed by atoms with Gasteiger partial charge in [-0.25, -0.2) is 0 Å². The summed E-state index contributed by atoms with van der Waals surface area (Å²) in [5.41, 5.74) is 0.508. The minimum atomic E-state index is -0.109. The summed E-state index contributed by atoms with van der Waals surface area (Å²) in [7, 11) is 3.12. The molecule has 0 N–H and O–H groups in total. The molecule has 28 heavy (non-hydrogen) atoms. The first-order valence-corrected chi connectivity index (χ1v) is 10.0. The molecule has 2 rings (SSSR count). The molecular formula is C21H33N3O4. The Morgan fingerprint density at radius 2 is 1.57 bits per heavy atom. The van der Waals surface area contributed by atoms with Crippen molar-refractivity contribution in [1.82, 2.24) is 14.7 Å². The van der Waals surface area contributed by atoms with Crippen LogP contribution in [0.2, 0.25) is 0 Å². The van der Waals surface area contributed by atoms with Crippen molar-refractivity contribution in [1.29, 1.82) is 0 Å². The molecule has 7 heteroatoms. The molecule has 7 nitrogen and oxygen atoms in total. The highest BCUT2D eigenvalue weighted by molar-refractivity contribution is 5.95. The Balaban J connectivity index is 2.00. The summed E-state index contributed by atoms with van der Waals surface area (Å²) in [4.78, 5) is 31.6. The van der Waals surface area contributed by atoms with E-state index in [-0.39, 0.29) is 11.8 Å². The van der Waals surface area contributed by atoms with E-state index < -0.39 is 0 Å². The molecule has 0 atom stereocenters. The number of hydrogen-bond acceptors (Lipinski definition) is 5. The second-order valence-corrected chi connectivity index (χ2v) is 6.96. The summed E-state index contributed by atoms with van der Waals surface area (Å²) in [5.74, 6) is 1.16. The van der Waals surface area contributed by atoms with Crippen molar-refractivity contribution in [3.63, 3.8) is 0 Å². The molecule has 0 aromatic heterocycles. The Labute approximate surface area is 168 Å². The molecule has 0 bridgehead atoms. The van der Waals surface area contributed by atoms with Gasteiger partial charge in [-0.3, -0.25) is 9.59 Å². The number of likely N-dealkylation sites (N-methyl/N-ethyl adjacent to an activating group) is 1. The third kappa shape index (κ3) is 5.86. The Bertz CT molecular complexity index is 635. The number of rotatable bonds is 9. The van der Waals surface area contributed by atoms with E-state index in [4.69, 9.17) is 9.47 Å². The maximum absolute atomic E-state index is 13.0. The number of hydrogen-bond donors (Lipinski definition) is 0. The number of amides is 2. The van der Waals surface area contributed by atoms with Gasteiger partial charge in [0.25, 0.3) is 5.91 Å². The van der Waals surface area contributed by atoms with Crippen molar-refractivity contribution in [2.24, 2.45) is 0 Å². The third-order valence-electron chi connectivity index (χ3n) is 5.15. The lowest BCUT2D eigenvalue weighted by atomic mass is 10.1.